The number of aromatic nitrogens is 2. The van der Waals surface area contributed by atoms with Crippen molar-refractivity contribution in [2.24, 2.45) is 0 Å². The lowest BCUT2D eigenvalue weighted by Crippen LogP contribution is -2.14. The highest BCUT2D eigenvalue weighted by Gasteiger charge is 2.22. The van der Waals surface area contributed by atoms with Crippen LogP contribution in [-0.4, -0.2) is 23.4 Å². The molecular weight excluding hydrogens is 315 g/mol. The van der Waals surface area contributed by atoms with E-state index in [4.69, 9.17) is 37.4 Å². The van der Waals surface area contributed by atoms with Crippen LogP contribution in [0.1, 0.15) is 11.3 Å². The van der Waals surface area contributed by atoms with E-state index in [2.05, 4.69) is 9.97 Å². The fourth-order valence-corrected chi connectivity index (χ4v) is 2.93. The van der Waals surface area contributed by atoms with Crippen molar-refractivity contribution in [1.82, 2.24) is 9.97 Å². The van der Waals surface area contributed by atoms with E-state index < -0.39 is 0 Å². The summed E-state index contributed by atoms with van der Waals surface area (Å²) in [5.74, 6) is 1.68. The second-order valence-corrected chi connectivity index (χ2v) is 5.52. The predicted octanol–water partition coefficient (Wildman–Crippen LogP) is 3.25. The van der Waals surface area contributed by atoms with Gasteiger partial charge in [-0.1, -0.05) is 23.2 Å². The van der Waals surface area contributed by atoms with E-state index in [-0.39, 0.29) is 6.79 Å². The Morgan fingerprint density at radius 1 is 1.10 bits per heavy atom. The molecule has 7 heteroatoms. The number of rotatable bonds is 1. The molecule has 0 unspecified atom stereocenters. The van der Waals surface area contributed by atoms with E-state index in [0.29, 0.717) is 40.7 Å². The van der Waals surface area contributed by atoms with Gasteiger partial charge in [0.2, 0.25) is 6.79 Å². The lowest BCUT2D eigenvalue weighted by Gasteiger charge is -2.17. The van der Waals surface area contributed by atoms with Crippen molar-refractivity contribution in [3.8, 4) is 22.9 Å². The van der Waals surface area contributed by atoms with Gasteiger partial charge in [0.25, 0.3) is 0 Å². The summed E-state index contributed by atoms with van der Waals surface area (Å²) in [6, 6.07) is 3.57. The highest BCUT2D eigenvalue weighted by atomic mass is 35.5. The molecule has 108 valence electrons. The van der Waals surface area contributed by atoms with Crippen LogP contribution in [0.3, 0.4) is 0 Å². The third-order valence-corrected chi connectivity index (χ3v) is 4.05. The summed E-state index contributed by atoms with van der Waals surface area (Å²) in [6.07, 6.45) is 0.725. The molecule has 1 aromatic carbocycles. The van der Waals surface area contributed by atoms with Crippen molar-refractivity contribution < 1.29 is 14.2 Å². The third-order valence-electron chi connectivity index (χ3n) is 3.46. The summed E-state index contributed by atoms with van der Waals surface area (Å²) >= 11 is 12.4. The number of hydrogen-bond donors (Lipinski definition) is 0. The minimum Gasteiger partial charge on any atom is -0.454 e. The van der Waals surface area contributed by atoms with Crippen molar-refractivity contribution in [2.75, 3.05) is 13.4 Å². The Morgan fingerprint density at radius 2 is 2.00 bits per heavy atom. The minimum atomic E-state index is 0.168. The molecule has 0 aliphatic carbocycles. The molecule has 0 amide bonds. The smallest absolute Gasteiger partial charge is 0.231 e. The Hall–Kier alpha value is -1.56. The third kappa shape index (κ3) is 2.21. The van der Waals surface area contributed by atoms with Gasteiger partial charge >= 0.3 is 0 Å². The van der Waals surface area contributed by atoms with Crippen LogP contribution in [0.4, 0.5) is 0 Å². The maximum absolute atomic E-state index is 6.23. The zero-order valence-electron chi connectivity index (χ0n) is 10.9. The summed E-state index contributed by atoms with van der Waals surface area (Å²) in [7, 11) is 0. The van der Waals surface area contributed by atoms with Gasteiger partial charge in [-0.25, -0.2) is 9.97 Å². The molecule has 0 atom stereocenters. The summed E-state index contributed by atoms with van der Waals surface area (Å²) in [5, 5.41) is 0.893. The number of ether oxygens (including phenoxy) is 3. The number of nitrogens with zero attached hydrogens (tertiary/aromatic N) is 2. The number of halogens is 2. The Labute approximate surface area is 130 Å². The fourth-order valence-electron chi connectivity index (χ4n) is 2.42. The van der Waals surface area contributed by atoms with Crippen LogP contribution in [-0.2, 0) is 17.8 Å². The quantitative estimate of drug-likeness (QED) is 0.754. The molecule has 2 aliphatic rings. The highest BCUT2D eigenvalue weighted by molar-refractivity contribution is 6.32. The molecule has 0 saturated heterocycles. The van der Waals surface area contributed by atoms with E-state index >= 15 is 0 Å². The fraction of sp³-hybridized carbons (Fsp3) is 0.286. The predicted molar refractivity (Wildman–Crippen MR) is 77.0 cm³/mol. The zero-order chi connectivity index (χ0) is 14.4. The van der Waals surface area contributed by atoms with E-state index in [1.165, 1.54) is 0 Å². The van der Waals surface area contributed by atoms with Crippen molar-refractivity contribution in [3.05, 3.63) is 33.6 Å². The average molecular weight is 325 g/mol. The van der Waals surface area contributed by atoms with Crippen LogP contribution in [0.15, 0.2) is 12.1 Å². The van der Waals surface area contributed by atoms with E-state index in [1.807, 2.05) is 6.07 Å². The van der Waals surface area contributed by atoms with Crippen LogP contribution in [0.5, 0.6) is 11.5 Å². The molecule has 0 N–H and O–H groups in total. The van der Waals surface area contributed by atoms with Crippen LogP contribution in [0, 0.1) is 0 Å². The van der Waals surface area contributed by atoms with Crippen molar-refractivity contribution >= 4 is 23.2 Å². The van der Waals surface area contributed by atoms with Crippen LogP contribution in [0.2, 0.25) is 10.2 Å². The molecular formula is C14H10Cl2N2O3. The monoisotopic (exact) mass is 324 g/mol. The maximum Gasteiger partial charge on any atom is 0.231 e. The second-order valence-electron chi connectivity index (χ2n) is 4.76. The first-order valence-corrected chi connectivity index (χ1v) is 7.20. The molecule has 2 aromatic rings. The van der Waals surface area contributed by atoms with Crippen LogP contribution >= 0.6 is 23.2 Å². The molecule has 0 saturated carbocycles. The van der Waals surface area contributed by atoms with Gasteiger partial charge in [-0.3, -0.25) is 0 Å². The van der Waals surface area contributed by atoms with Gasteiger partial charge in [-0.2, -0.15) is 0 Å². The zero-order valence-corrected chi connectivity index (χ0v) is 12.4. The topological polar surface area (TPSA) is 53.5 Å². The Kier molecular flexibility index (Phi) is 3.14. The van der Waals surface area contributed by atoms with Gasteiger partial charge in [0.15, 0.2) is 17.3 Å². The Balaban J connectivity index is 1.84. The van der Waals surface area contributed by atoms with Gasteiger partial charge in [0, 0.05) is 17.5 Å². The lowest BCUT2D eigenvalue weighted by atomic mass is 10.1. The first-order valence-electron chi connectivity index (χ1n) is 6.45. The van der Waals surface area contributed by atoms with Crippen molar-refractivity contribution in [2.45, 2.75) is 13.0 Å². The lowest BCUT2D eigenvalue weighted by molar-refractivity contribution is 0.109. The molecule has 0 bridgehead atoms. The van der Waals surface area contributed by atoms with Gasteiger partial charge in [-0.15, -0.1) is 0 Å². The van der Waals surface area contributed by atoms with Gasteiger partial charge in [0.1, 0.15) is 5.15 Å². The van der Waals surface area contributed by atoms with E-state index in [0.717, 1.165) is 23.2 Å². The molecule has 3 heterocycles. The summed E-state index contributed by atoms with van der Waals surface area (Å²) in [4.78, 5) is 8.92. The van der Waals surface area contributed by atoms with Gasteiger partial charge < -0.3 is 14.2 Å². The molecule has 1 aromatic heterocycles. The molecule has 4 rings (SSSR count). The normalized spacial score (nSPS) is 15.9. The minimum absolute atomic E-state index is 0.168. The SMILES string of the molecule is Clc1cc(-c2nc(Cl)c3c(n2)CCOC3)cc2c1OCO2. The maximum atomic E-state index is 6.23. The number of fused-ring (bicyclic) bond motifs is 2. The van der Waals surface area contributed by atoms with Crippen LogP contribution < -0.4 is 9.47 Å². The van der Waals surface area contributed by atoms with Crippen molar-refractivity contribution in [1.29, 1.82) is 0 Å². The number of benzene rings is 1. The second kappa shape index (κ2) is 5.02. The standard InChI is InChI=1S/C14H10Cl2N2O3/c15-9-3-7(4-11-12(9)21-6-20-11)14-17-10-1-2-19-5-8(10)13(16)18-14/h3-4H,1-2,5-6H2. The Morgan fingerprint density at radius 3 is 2.90 bits per heavy atom. The molecule has 0 spiro atoms. The highest BCUT2D eigenvalue weighted by Crippen LogP contribution is 2.42. The van der Waals surface area contributed by atoms with Gasteiger partial charge in [0.05, 0.1) is 23.9 Å². The van der Waals surface area contributed by atoms with E-state index in [9.17, 15) is 0 Å². The largest absolute Gasteiger partial charge is 0.454 e. The summed E-state index contributed by atoms with van der Waals surface area (Å²) in [6.45, 7) is 1.26. The number of hydrogen-bond acceptors (Lipinski definition) is 5. The molecule has 5 nitrogen and oxygen atoms in total. The summed E-state index contributed by atoms with van der Waals surface area (Å²) < 4.78 is 16.0. The Bertz CT molecular complexity index is 737. The first-order chi connectivity index (χ1) is 10.2. The average Bonchev–Trinajstić information content (AvgIpc) is 2.96. The molecule has 0 radical (unpaired) electrons. The van der Waals surface area contributed by atoms with Crippen molar-refractivity contribution in [3.63, 3.8) is 0 Å². The van der Waals surface area contributed by atoms with Gasteiger partial charge in [-0.05, 0) is 12.1 Å². The molecule has 21 heavy (non-hydrogen) atoms. The molecule has 2 aliphatic heterocycles. The summed E-state index contributed by atoms with van der Waals surface area (Å²) in [5.41, 5.74) is 2.53. The first kappa shape index (κ1) is 13.1. The van der Waals surface area contributed by atoms with Crippen LogP contribution in [0.25, 0.3) is 11.4 Å². The van der Waals surface area contributed by atoms with E-state index in [1.54, 1.807) is 6.07 Å². The molecule has 0 fully saturated rings.